The Balaban J connectivity index is 1.50. The van der Waals surface area contributed by atoms with Crippen LogP contribution in [-0.4, -0.2) is 59.5 Å². The van der Waals surface area contributed by atoms with Crippen molar-refractivity contribution in [2.24, 2.45) is 0 Å². The van der Waals surface area contributed by atoms with Gasteiger partial charge in [-0.1, -0.05) is 6.07 Å². The average molecular weight is 586 g/mol. The normalized spacial score (nSPS) is 12.3. The van der Waals surface area contributed by atoms with E-state index in [-0.39, 0.29) is 17.2 Å². The fourth-order valence-corrected chi connectivity index (χ4v) is 5.92. The minimum absolute atomic E-state index is 0.0845. The van der Waals surface area contributed by atoms with Crippen LogP contribution in [0.25, 0.3) is 39.0 Å². The van der Waals surface area contributed by atoms with Gasteiger partial charge in [-0.2, -0.15) is 10.2 Å². The van der Waals surface area contributed by atoms with E-state index in [4.69, 9.17) is 0 Å². The molecular formula is C27H25F2N5O4S2. The van der Waals surface area contributed by atoms with E-state index in [1.165, 1.54) is 12.3 Å². The molecule has 0 aliphatic heterocycles. The second-order valence-electron chi connectivity index (χ2n) is 9.75. The number of aryl methyl sites for hydroxylation is 1. The molecule has 208 valence electrons. The molecule has 4 heterocycles. The van der Waals surface area contributed by atoms with Crippen molar-refractivity contribution >= 4 is 25.2 Å². The summed E-state index contributed by atoms with van der Waals surface area (Å²) in [5.74, 6) is -1.86. The molecule has 5 aromatic rings. The van der Waals surface area contributed by atoms with Gasteiger partial charge in [0, 0.05) is 59.8 Å². The molecule has 40 heavy (non-hydrogen) atoms. The molecule has 4 aromatic heterocycles. The van der Waals surface area contributed by atoms with Gasteiger partial charge in [-0.3, -0.25) is 9.67 Å². The summed E-state index contributed by atoms with van der Waals surface area (Å²) in [5, 5.41) is 8.78. The number of nitrogens with zero attached hydrogens (tertiary/aromatic N) is 5. The Labute approximate surface area is 230 Å². The number of hydrogen-bond acceptors (Lipinski definition) is 7. The summed E-state index contributed by atoms with van der Waals surface area (Å²) >= 11 is 0. The quantitative estimate of drug-likeness (QED) is 0.255. The Bertz CT molecular complexity index is 1950. The van der Waals surface area contributed by atoms with Crippen molar-refractivity contribution in [2.45, 2.75) is 18.7 Å². The zero-order valence-corrected chi connectivity index (χ0v) is 23.3. The zero-order valence-electron chi connectivity index (χ0n) is 21.6. The maximum Gasteiger partial charge on any atom is 0.152 e. The number of pyridine rings is 2. The van der Waals surface area contributed by atoms with E-state index in [1.807, 2.05) is 24.5 Å². The van der Waals surface area contributed by atoms with Crippen molar-refractivity contribution in [2.75, 3.05) is 18.3 Å². The molecule has 9 nitrogen and oxygen atoms in total. The van der Waals surface area contributed by atoms with Gasteiger partial charge in [-0.15, -0.1) is 0 Å². The largest absolute Gasteiger partial charge is 0.272 e. The van der Waals surface area contributed by atoms with E-state index < -0.39 is 31.3 Å². The minimum atomic E-state index is -3.40. The second-order valence-corrected chi connectivity index (χ2v) is 14.2. The lowest BCUT2D eigenvalue weighted by atomic mass is 9.99. The van der Waals surface area contributed by atoms with Crippen molar-refractivity contribution in [1.82, 2.24) is 24.4 Å². The third kappa shape index (κ3) is 6.42. The van der Waals surface area contributed by atoms with Crippen LogP contribution in [0.2, 0.25) is 0 Å². The first-order valence-corrected chi connectivity index (χ1v) is 16.3. The van der Waals surface area contributed by atoms with E-state index in [0.29, 0.717) is 35.2 Å². The Morgan fingerprint density at radius 3 is 2.30 bits per heavy atom. The van der Waals surface area contributed by atoms with Crippen LogP contribution in [0, 0.1) is 11.6 Å². The SMILES string of the molecule is CS(=O)(=O)CCCn1cc(-c2ccc3c(-c4cc(CS(C)(=O)=O)cc(-c5ncc(F)cc5F)c4)cnn3c2)cn1. The standard InChI is InChI=1S/C27H25F2N5O4S2/c1-39(35,36)7-3-6-33-15-22(12-31-33)19-4-5-26-24(14-32-34(26)16-19)20-8-18(17-40(2,37)38)9-21(10-20)27-25(29)11-23(28)13-30-27/h4-5,8-16H,3,6-7,17H2,1-2H3. The molecule has 0 spiro atoms. The van der Waals surface area contributed by atoms with Gasteiger partial charge in [0.1, 0.15) is 21.3 Å². The van der Waals surface area contributed by atoms with Gasteiger partial charge >= 0.3 is 0 Å². The molecule has 0 fully saturated rings. The van der Waals surface area contributed by atoms with Crippen LogP contribution in [0.4, 0.5) is 8.78 Å². The first-order valence-electron chi connectivity index (χ1n) is 12.2. The molecule has 0 aliphatic carbocycles. The molecule has 0 radical (unpaired) electrons. The van der Waals surface area contributed by atoms with Gasteiger partial charge in [-0.05, 0) is 41.8 Å². The van der Waals surface area contributed by atoms with E-state index in [2.05, 4.69) is 15.2 Å². The highest BCUT2D eigenvalue weighted by atomic mass is 32.2. The number of aromatic nitrogens is 5. The topological polar surface area (TPSA) is 116 Å². The maximum absolute atomic E-state index is 14.6. The highest BCUT2D eigenvalue weighted by molar-refractivity contribution is 7.90. The van der Waals surface area contributed by atoms with Gasteiger partial charge in [0.25, 0.3) is 0 Å². The Kier molecular flexibility index (Phi) is 7.27. The van der Waals surface area contributed by atoms with E-state index in [0.717, 1.165) is 35.2 Å². The lowest BCUT2D eigenvalue weighted by molar-refractivity contribution is 0.575. The summed E-state index contributed by atoms with van der Waals surface area (Å²) in [6.45, 7) is 0.469. The molecule has 13 heteroatoms. The average Bonchev–Trinajstić information content (AvgIpc) is 3.49. The van der Waals surface area contributed by atoms with Crippen molar-refractivity contribution in [3.05, 3.63) is 84.6 Å². The number of sulfone groups is 2. The van der Waals surface area contributed by atoms with Crippen LogP contribution < -0.4 is 0 Å². The second kappa shape index (κ2) is 10.5. The molecule has 1 aromatic carbocycles. The number of rotatable bonds is 9. The Morgan fingerprint density at radius 1 is 0.800 bits per heavy atom. The van der Waals surface area contributed by atoms with Crippen molar-refractivity contribution in [3.63, 3.8) is 0 Å². The van der Waals surface area contributed by atoms with Gasteiger partial charge in [0.2, 0.25) is 0 Å². The molecule has 0 unspecified atom stereocenters. The lowest BCUT2D eigenvalue weighted by Crippen LogP contribution is -2.07. The molecule has 0 amide bonds. The van der Waals surface area contributed by atoms with Gasteiger partial charge in [0.05, 0.1) is 35.6 Å². The summed E-state index contributed by atoms with van der Waals surface area (Å²) in [7, 11) is -6.44. The van der Waals surface area contributed by atoms with Crippen molar-refractivity contribution < 1.29 is 25.6 Å². The molecule has 0 aliphatic rings. The molecule has 0 N–H and O–H groups in total. The van der Waals surface area contributed by atoms with Crippen LogP contribution in [0.15, 0.2) is 67.4 Å². The Morgan fingerprint density at radius 2 is 1.57 bits per heavy atom. The number of hydrogen-bond donors (Lipinski definition) is 0. The van der Waals surface area contributed by atoms with E-state index in [9.17, 15) is 25.6 Å². The summed E-state index contributed by atoms with van der Waals surface area (Å²) in [4.78, 5) is 3.89. The van der Waals surface area contributed by atoms with E-state index in [1.54, 1.807) is 33.7 Å². The number of fused-ring (bicyclic) bond motifs is 1. The van der Waals surface area contributed by atoms with Crippen LogP contribution in [0.5, 0.6) is 0 Å². The molecular weight excluding hydrogens is 560 g/mol. The Hall–Kier alpha value is -3.97. The predicted octanol–water partition coefficient (Wildman–Crippen LogP) is 4.18. The van der Waals surface area contributed by atoms with Gasteiger partial charge in [0.15, 0.2) is 15.7 Å². The minimum Gasteiger partial charge on any atom is -0.272 e. The monoisotopic (exact) mass is 585 g/mol. The van der Waals surface area contributed by atoms with Gasteiger partial charge in [-0.25, -0.2) is 30.1 Å². The van der Waals surface area contributed by atoms with Crippen molar-refractivity contribution in [3.8, 4) is 33.5 Å². The smallest absolute Gasteiger partial charge is 0.152 e. The van der Waals surface area contributed by atoms with Crippen LogP contribution >= 0.6 is 0 Å². The molecule has 0 bridgehead atoms. The fourth-order valence-electron chi connectivity index (χ4n) is 4.50. The number of halogens is 2. The summed E-state index contributed by atoms with van der Waals surface area (Å²) in [6, 6.07) is 9.39. The van der Waals surface area contributed by atoms with Gasteiger partial charge < -0.3 is 0 Å². The number of benzene rings is 1. The van der Waals surface area contributed by atoms with Crippen LogP contribution in [-0.2, 0) is 32.0 Å². The zero-order chi connectivity index (χ0) is 28.7. The summed E-state index contributed by atoms with van der Waals surface area (Å²) in [6.07, 6.45) is 10.7. The summed E-state index contributed by atoms with van der Waals surface area (Å²) < 4.78 is 78.3. The molecule has 0 atom stereocenters. The van der Waals surface area contributed by atoms with Crippen LogP contribution in [0.1, 0.15) is 12.0 Å². The predicted molar refractivity (Wildman–Crippen MR) is 148 cm³/mol. The van der Waals surface area contributed by atoms with E-state index >= 15 is 0 Å². The highest BCUT2D eigenvalue weighted by Crippen LogP contribution is 2.32. The third-order valence-electron chi connectivity index (χ3n) is 6.20. The summed E-state index contributed by atoms with van der Waals surface area (Å²) in [5.41, 5.74) is 4.32. The third-order valence-corrected chi connectivity index (χ3v) is 8.09. The van der Waals surface area contributed by atoms with Crippen LogP contribution in [0.3, 0.4) is 0 Å². The molecule has 0 saturated carbocycles. The highest BCUT2D eigenvalue weighted by Gasteiger charge is 2.16. The fraction of sp³-hybridized carbons (Fsp3) is 0.222. The molecule has 0 saturated heterocycles. The molecule has 5 rings (SSSR count). The van der Waals surface area contributed by atoms with Crippen molar-refractivity contribution in [1.29, 1.82) is 0 Å². The lowest BCUT2D eigenvalue weighted by Gasteiger charge is -2.10. The maximum atomic E-state index is 14.6. The first-order chi connectivity index (χ1) is 18.8. The first kappa shape index (κ1) is 27.6.